The number of nitrogens with zero attached hydrogens (tertiary/aromatic N) is 2. The Bertz CT molecular complexity index is 634. The molecule has 3 rings (SSSR count). The van der Waals surface area contributed by atoms with Crippen LogP contribution in [-0.2, 0) is 0 Å². The Morgan fingerprint density at radius 1 is 1.38 bits per heavy atom. The summed E-state index contributed by atoms with van der Waals surface area (Å²) >= 11 is 10.1. The smallest absolute Gasteiger partial charge is 0.259 e. The minimum atomic E-state index is 0.291. The zero-order valence-electron chi connectivity index (χ0n) is 11.6. The highest BCUT2D eigenvalue weighted by Gasteiger charge is 2.30. The van der Waals surface area contributed by atoms with E-state index in [0.29, 0.717) is 27.1 Å². The molecule has 2 atom stereocenters. The molecule has 0 amide bonds. The fourth-order valence-electron chi connectivity index (χ4n) is 2.31. The van der Waals surface area contributed by atoms with Gasteiger partial charge in [-0.1, -0.05) is 23.7 Å². The van der Waals surface area contributed by atoms with Crippen molar-refractivity contribution in [1.29, 1.82) is 0 Å². The van der Waals surface area contributed by atoms with Crippen LogP contribution in [0.3, 0.4) is 0 Å². The summed E-state index contributed by atoms with van der Waals surface area (Å²) in [5.74, 6) is 3.54. The SMILES string of the molecule is CCC1SCCSC1c1noc(-c2ccc(N)cc2Cl)n1. The molecule has 0 radical (unpaired) electrons. The molecule has 1 fully saturated rings. The number of hydrogen-bond acceptors (Lipinski definition) is 6. The van der Waals surface area contributed by atoms with E-state index in [-0.39, 0.29) is 0 Å². The van der Waals surface area contributed by atoms with Crippen LogP contribution in [0.25, 0.3) is 11.5 Å². The van der Waals surface area contributed by atoms with Crippen LogP contribution < -0.4 is 5.73 Å². The fourth-order valence-corrected chi connectivity index (χ4v) is 5.56. The van der Waals surface area contributed by atoms with Gasteiger partial charge in [0, 0.05) is 22.4 Å². The zero-order chi connectivity index (χ0) is 14.8. The van der Waals surface area contributed by atoms with Crippen LogP contribution in [0.5, 0.6) is 0 Å². The van der Waals surface area contributed by atoms with Gasteiger partial charge in [-0.2, -0.15) is 16.7 Å². The molecule has 0 spiro atoms. The number of nitrogens with two attached hydrogens (primary N) is 1. The van der Waals surface area contributed by atoms with E-state index < -0.39 is 0 Å². The maximum absolute atomic E-state index is 6.20. The second kappa shape index (κ2) is 6.50. The van der Waals surface area contributed by atoms with Gasteiger partial charge < -0.3 is 10.3 Å². The molecule has 1 aliphatic rings. The van der Waals surface area contributed by atoms with Crippen molar-refractivity contribution < 1.29 is 4.52 Å². The van der Waals surface area contributed by atoms with Crippen molar-refractivity contribution in [2.45, 2.75) is 23.8 Å². The molecule has 7 heteroatoms. The number of anilines is 1. The molecule has 4 nitrogen and oxygen atoms in total. The summed E-state index contributed by atoms with van der Waals surface area (Å²) in [5.41, 5.74) is 7.05. The summed E-state index contributed by atoms with van der Waals surface area (Å²) in [6.45, 7) is 2.20. The van der Waals surface area contributed by atoms with Crippen LogP contribution in [0.2, 0.25) is 5.02 Å². The first-order chi connectivity index (χ1) is 10.2. The van der Waals surface area contributed by atoms with Crippen LogP contribution in [0.4, 0.5) is 5.69 Å². The van der Waals surface area contributed by atoms with Crippen LogP contribution in [0.15, 0.2) is 22.7 Å². The van der Waals surface area contributed by atoms with E-state index in [4.69, 9.17) is 21.9 Å². The highest BCUT2D eigenvalue weighted by Crippen LogP contribution is 2.43. The van der Waals surface area contributed by atoms with Gasteiger partial charge in [-0.05, 0) is 24.6 Å². The van der Waals surface area contributed by atoms with Crippen LogP contribution in [0, 0.1) is 0 Å². The van der Waals surface area contributed by atoms with Gasteiger partial charge >= 0.3 is 0 Å². The Morgan fingerprint density at radius 2 is 2.19 bits per heavy atom. The van der Waals surface area contributed by atoms with Gasteiger partial charge in [-0.15, -0.1) is 11.8 Å². The van der Waals surface area contributed by atoms with Crippen molar-refractivity contribution in [3.8, 4) is 11.5 Å². The maximum Gasteiger partial charge on any atom is 0.259 e. The highest BCUT2D eigenvalue weighted by atomic mass is 35.5. The molecule has 1 aromatic heterocycles. The molecular weight excluding hydrogens is 326 g/mol. The van der Waals surface area contributed by atoms with Crippen LogP contribution in [0.1, 0.15) is 24.4 Å². The van der Waals surface area contributed by atoms with Crippen molar-refractivity contribution in [2.24, 2.45) is 0 Å². The van der Waals surface area contributed by atoms with Crippen LogP contribution >= 0.6 is 35.1 Å². The standard InChI is InChI=1S/C14H16ClN3OS2/c1-2-11-12(21-6-5-20-11)13-17-14(19-18-13)9-4-3-8(16)7-10(9)15/h3-4,7,11-12H,2,5-6,16H2,1H3. The zero-order valence-corrected chi connectivity index (χ0v) is 14.0. The second-order valence-corrected chi connectivity index (χ2v) is 7.81. The van der Waals surface area contributed by atoms with Gasteiger partial charge in [0.05, 0.1) is 15.8 Å². The fraction of sp³-hybridized carbons (Fsp3) is 0.429. The molecule has 1 aromatic carbocycles. The lowest BCUT2D eigenvalue weighted by atomic mass is 10.2. The Labute approximate surface area is 137 Å². The number of thioether (sulfide) groups is 2. The largest absolute Gasteiger partial charge is 0.399 e. The summed E-state index contributed by atoms with van der Waals surface area (Å²) in [6, 6.07) is 5.29. The molecule has 2 unspecified atom stereocenters. The Morgan fingerprint density at radius 3 is 2.95 bits per heavy atom. The van der Waals surface area contributed by atoms with Gasteiger partial charge in [0.15, 0.2) is 5.82 Å². The minimum absolute atomic E-state index is 0.291. The lowest BCUT2D eigenvalue weighted by Crippen LogP contribution is -2.19. The molecule has 2 heterocycles. The molecule has 1 saturated heterocycles. The summed E-state index contributed by atoms with van der Waals surface area (Å²) < 4.78 is 5.41. The molecule has 0 aliphatic carbocycles. The van der Waals surface area contributed by atoms with E-state index in [9.17, 15) is 0 Å². The van der Waals surface area contributed by atoms with Gasteiger partial charge in [0.2, 0.25) is 0 Å². The van der Waals surface area contributed by atoms with Gasteiger partial charge in [-0.25, -0.2) is 0 Å². The van der Waals surface area contributed by atoms with E-state index in [0.717, 1.165) is 23.6 Å². The lowest BCUT2D eigenvalue weighted by Gasteiger charge is -2.27. The first-order valence-corrected chi connectivity index (χ1v) is 9.28. The van der Waals surface area contributed by atoms with Crippen molar-refractivity contribution in [3.05, 3.63) is 29.0 Å². The van der Waals surface area contributed by atoms with Gasteiger partial charge in [-0.3, -0.25) is 0 Å². The van der Waals surface area contributed by atoms with E-state index in [1.165, 1.54) is 5.75 Å². The average Bonchev–Trinajstić information content (AvgIpc) is 2.96. The van der Waals surface area contributed by atoms with E-state index in [1.54, 1.807) is 12.1 Å². The summed E-state index contributed by atoms with van der Waals surface area (Å²) in [6.07, 6.45) is 1.11. The number of aromatic nitrogens is 2. The quantitative estimate of drug-likeness (QED) is 0.841. The number of benzene rings is 1. The monoisotopic (exact) mass is 341 g/mol. The van der Waals surface area contributed by atoms with E-state index >= 15 is 0 Å². The predicted molar refractivity (Wildman–Crippen MR) is 90.9 cm³/mol. The van der Waals surface area contributed by atoms with E-state index in [2.05, 4.69) is 17.1 Å². The summed E-state index contributed by atoms with van der Waals surface area (Å²) in [5, 5.41) is 5.53. The van der Waals surface area contributed by atoms with Crippen molar-refractivity contribution in [1.82, 2.24) is 10.1 Å². The van der Waals surface area contributed by atoms with Crippen molar-refractivity contribution >= 4 is 40.8 Å². The Hall–Kier alpha value is -0.850. The number of nitrogen functional groups attached to an aromatic ring is 1. The van der Waals surface area contributed by atoms with E-state index in [1.807, 2.05) is 29.6 Å². The number of rotatable bonds is 3. The minimum Gasteiger partial charge on any atom is -0.399 e. The average molecular weight is 342 g/mol. The Balaban J connectivity index is 1.89. The van der Waals surface area contributed by atoms with Crippen molar-refractivity contribution in [2.75, 3.05) is 17.2 Å². The highest BCUT2D eigenvalue weighted by molar-refractivity contribution is 8.06. The third-order valence-corrected chi connectivity index (χ3v) is 6.93. The normalized spacial score (nSPS) is 22.4. The molecule has 0 bridgehead atoms. The molecule has 2 aromatic rings. The number of hydrogen-bond donors (Lipinski definition) is 1. The first kappa shape index (κ1) is 15.1. The number of halogens is 1. The molecule has 21 heavy (non-hydrogen) atoms. The topological polar surface area (TPSA) is 64.9 Å². The summed E-state index contributed by atoms with van der Waals surface area (Å²) in [7, 11) is 0. The first-order valence-electron chi connectivity index (χ1n) is 6.81. The molecule has 112 valence electrons. The molecular formula is C14H16ClN3OS2. The summed E-state index contributed by atoms with van der Waals surface area (Å²) in [4.78, 5) is 4.56. The van der Waals surface area contributed by atoms with Crippen molar-refractivity contribution in [3.63, 3.8) is 0 Å². The third kappa shape index (κ3) is 3.17. The Kier molecular flexibility index (Phi) is 4.66. The lowest BCUT2D eigenvalue weighted by molar-refractivity contribution is 0.421. The van der Waals surface area contributed by atoms with Gasteiger partial charge in [0.1, 0.15) is 0 Å². The molecule has 1 aliphatic heterocycles. The molecule has 2 N–H and O–H groups in total. The second-order valence-electron chi connectivity index (χ2n) is 4.81. The predicted octanol–water partition coefficient (Wildman–Crippen LogP) is 4.27. The maximum atomic E-state index is 6.20. The third-order valence-electron chi connectivity index (χ3n) is 3.37. The molecule has 0 saturated carbocycles. The van der Waals surface area contributed by atoms with Gasteiger partial charge in [0.25, 0.3) is 5.89 Å². The van der Waals surface area contributed by atoms with Crippen LogP contribution in [-0.4, -0.2) is 26.9 Å².